The van der Waals surface area contributed by atoms with Crippen LogP contribution >= 0.6 is 24.0 Å². The highest BCUT2D eigenvalue weighted by Crippen LogP contribution is 2.33. The number of anilines is 1. The van der Waals surface area contributed by atoms with Gasteiger partial charge < -0.3 is 24.4 Å². The van der Waals surface area contributed by atoms with E-state index in [0.717, 1.165) is 29.9 Å². The van der Waals surface area contributed by atoms with Crippen LogP contribution in [0.15, 0.2) is 41.3 Å². The summed E-state index contributed by atoms with van der Waals surface area (Å²) in [7, 11) is 3.23. The lowest BCUT2D eigenvalue weighted by molar-refractivity contribution is -0.115. The van der Waals surface area contributed by atoms with Gasteiger partial charge in [0, 0.05) is 36.5 Å². The summed E-state index contributed by atoms with van der Waals surface area (Å²) in [6, 6.07) is 11.7. The molecule has 3 rings (SSSR count). The molecule has 0 aromatic heterocycles. The second kappa shape index (κ2) is 10.5. The van der Waals surface area contributed by atoms with Crippen LogP contribution in [0, 0.1) is 0 Å². The van der Waals surface area contributed by atoms with E-state index in [1.165, 1.54) is 11.8 Å². The van der Waals surface area contributed by atoms with Crippen molar-refractivity contribution >= 4 is 46.0 Å². The van der Waals surface area contributed by atoms with Crippen molar-refractivity contribution in [1.82, 2.24) is 5.32 Å². The Morgan fingerprint density at radius 3 is 2.29 bits per heavy atom. The third-order valence-electron chi connectivity index (χ3n) is 4.86. The van der Waals surface area contributed by atoms with Gasteiger partial charge in [-0.2, -0.15) is 0 Å². The molecule has 1 amide bonds. The standard InChI is InChI=1S/C23H26N2O4S2/c1-5-25(6-2)17-8-7-16(11-21-22(26)24-23(30)31-21)20(12-17)29-14-15-9-18(27-3)13-19(10-15)28-4/h7-13H,5-6,14H2,1-4H3,(H,24,26,30)/b21-11+. The van der Waals surface area contributed by atoms with Crippen LogP contribution in [0.4, 0.5) is 5.69 Å². The van der Waals surface area contributed by atoms with Crippen LogP contribution in [0.5, 0.6) is 17.2 Å². The molecule has 2 aromatic carbocycles. The number of benzene rings is 2. The molecule has 164 valence electrons. The second-order valence-corrected chi connectivity index (χ2v) is 8.48. The smallest absolute Gasteiger partial charge is 0.263 e. The van der Waals surface area contributed by atoms with Crippen molar-refractivity contribution in [3.8, 4) is 17.2 Å². The summed E-state index contributed by atoms with van der Waals surface area (Å²) in [6.45, 7) is 6.32. The van der Waals surface area contributed by atoms with Gasteiger partial charge in [-0.05, 0) is 49.8 Å². The number of carbonyl (C=O) groups is 1. The van der Waals surface area contributed by atoms with Crippen molar-refractivity contribution in [2.24, 2.45) is 0 Å². The molecule has 0 atom stereocenters. The molecule has 1 N–H and O–H groups in total. The Kier molecular flexibility index (Phi) is 7.81. The monoisotopic (exact) mass is 458 g/mol. The number of nitrogens with zero attached hydrogens (tertiary/aromatic N) is 1. The summed E-state index contributed by atoms with van der Waals surface area (Å²) >= 11 is 6.35. The molecule has 0 unspecified atom stereocenters. The topological polar surface area (TPSA) is 60.0 Å². The molecule has 1 aliphatic rings. The van der Waals surface area contributed by atoms with Crippen LogP contribution in [-0.4, -0.2) is 37.5 Å². The van der Waals surface area contributed by atoms with Gasteiger partial charge in [0.05, 0.1) is 19.1 Å². The van der Waals surface area contributed by atoms with Gasteiger partial charge >= 0.3 is 0 Å². The van der Waals surface area contributed by atoms with Crippen LogP contribution in [0.3, 0.4) is 0 Å². The SMILES string of the molecule is CCN(CC)c1ccc(/C=C2/SC(=S)NC2=O)c(OCc2cc(OC)cc(OC)c2)c1. The maximum absolute atomic E-state index is 12.1. The van der Waals surface area contributed by atoms with E-state index in [2.05, 4.69) is 24.1 Å². The predicted octanol–water partition coefficient (Wildman–Crippen LogP) is 4.62. The fraction of sp³-hybridized carbons (Fsp3) is 0.304. The first-order valence-electron chi connectivity index (χ1n) is 9.96. The number of hydrogen-bond acceptors (Lipinski definition) is 7. The van der Waals surface area contributed by atoms with Gasteiger partial charge in [-0.15, -0.1) is 0 Å². The summed E-state index contributed by atoms with van der Waals surface area (Å²) in [4.78, 5) is 14.9. The molecular formula is C23H26N2O4S2. The largest absolute Gasteiger partial charge is 0.497 e. The zero-order valence-corrected chi connectivity index (χ0v) is 19.7. The summed E-state index contributed by atoms with van der Waals surface area (Å²) in [5, 5.41) is 2.65. The quantitative estimate of drug-likeness (QED) is 0.435. The highest BCUT2D eigenvalue weighted by molar-refractivity contribution is 8.26. The molecule has 1 aliphatic heterocycles. The number of hydrogen-bond donors (Lipinski definition) is 1. The zero-order chi connectivity index (χ0) is 22.4. The molecule has 8 heteroatoms. The Morgan fingerprint density at radius 1 is 1.06 bits per heavy atom. The molecular weight excluding hydrogens is 432 g/mol. The molecule has 6 nitrogen and oxygen atoms in total. The summed E-state index contributed by atoms with van der Waals surface area (Å²) in [5.41, 5.74) is 2.79. The van der Waals surface area contributed by atoms with Gasteiger partial charge in [0.2, 0.25) is 0 Å². The third kappa shape index (κ3) is 5.71. The normalized spacial score (nSPS) is 14.5. The van der Waals surface area contributed by atoms with Crippen molar-refractivity contribution < 1.29 is 19.0 Å². The number of methoxy groups -OCH3 is 2. The first kappa shape index (κ1) is 23.0. The molecule has 31 heavy (non-hydrogen) atoms. The van der Waals surface area contributed by atoms with E-state index >= 15 is 0 Å². The van der Waals surface area contributed by atoms with Gasteiger partial charge in [-0.3, -0.25) is 4.79 Å². The van der Waals surface area contributed by atoms with E-state index in [4.69, 9.17) is 26.4 Å². The summed E-state index contributed by atoms with van der Waals surface area (Å²) < 4.78 is 17.4. The molecule has 0 bridgehead atoms. The molecule has 0 spiro atoms. The van der Waals surface area contributed by atoms with Crippen LogP contribution in [0.25, 0.3) is 6.08 Å². The molecule has 2 aromatic rings. The average molecular weight is 459 g/mol. The lowest BCUT2D eigenvalue weighted by Gasteiger charge is -2.22. The van der Waals surface area contributed by atoms with Crippen LogP contribution in [0.2, 0.25) is 0 Å². The van der Waals surface area contributed by atoms with E-state index in [-0.39, 0.29) is 5.91 Å². The van der Waals surface area contributed by atoms with E-state index < -0.39 is 0 Å². The van der Waals surface area contributed by atoms with Crippen molar-refractivity contribution in [1.29, 1.82) is 0 Å². The Balaban J connectivity index is 1.94. The minimum Gasteiger partial charge on any atom is -0.497 e. The summed E-state index contributed by atoms with van der Waals surface area (Å²) in [5.74, 6) is 1.89. The Bertz CT molecular complexity index is 981. The maximum atomic E-state index is 12.1. The Morgan fingerprint density at radius 2 is 1.74 bits per heavy atom. The van der Waals surface area contributed by atoms with Crippen LogP contribution in [0.1, 0.15) is 25.0 Å². The van der Waals surface area contributed by atoms with Crippen molar-refractivity contribution in [2.45, 2.75) is 20.5 Å². The van der Waals surface area contributed by atoms with Crippen LogP contribution in [-0.2, 0) is 11.4 Å². The van der Waals surface area contributed by atoms with Gasteiger partial charge in [0.25, 0.3) is 5.91 Å². The van der Waals surface area contributed by atoms with Crippen molar-refractivity contribution in [3.05, 3.63) is 52.4 Å². The van der Waals surface area contributed by atoms with E-state index in [1.807, 2.05) is 42.5 Å². The average Bonchev–Trinajstić information content (AvgIpc) is 3.10. The molecule has 1 fully saturated rings. The first-order valence-corrected chi connectivity index (χ1v) is 11.2. The Hall–Kier alpha value is -2.71. The van der Waals surface area contributed by atoms with Gasteiger partial charge in [0.15, 0.2) is 0 Å². The fourth-order valence-electron chi connectivity index (χ4n) is 3.23. The van der Waals surface area contributed by atoms with Crippen LogP contribution < -0.4 is 24.4 Å². The molecule has 0 radical (unpaired) electrons. The van der Waals surface area contributed by atoms with E-state index in [9.17, 15) is 4.79 Å². The number of thioether (sulfide) groups is 1. The molecule has 1 heterocycles. The number of carbonyl (C=O) groups excluding carboxylic acids is 1. The molecule has 1 saturated heterocycles. The second-order valence-electron chi connectivity index (χ2n) is 6.76. The third-order valence-corrected chi connectivity index (χ3v) is 6.02. The number of amides is 1. The number of rotatable bonds is 9. The molecule has 0 saturated carbocycles. The molecule has 0 aliphatic carbocycles. The lowest BCUT2D eigenvalue weighted by Crippen LogP contribution is -2.21. The maximum Gasteiger partial charge on any atom is 0.263 e. The fourth-order valence-corrected chi connectivity index (χ4v) is 4.26. The van der Waals surface area contributed by atoms with Gasteiger partial charge in [-0.1, -0.05) is 24.0 Å². The number of thiocarbonyl (C=S) groups is 1. The van der Waals surface area contributed by atoms with E-state index in [1.54, 1.807) is 14.2 Å². The number of ether oxygens (including phenoxy) is 3. The highest BCUT2D eigenvalue weighted by atomic mass is 32.2. The van der Waals surface area contributed by atoms with Gasteiger partial charge in [0.1, 0.15) is 28.2 Å². The summed E-state index contributed by atoms with van der Waals surface area (Å²) in [6.07, 6.45) is 1.81. The zero-order valence-electron chi connectivity index (χ0n) is 18.1. The highest BCUT2D eigenvalue weighted by Gasteiger charge is 2.22. The van der Waals surface area contributed by atoms with Crippen molar-refractivity contribution in [2.75, 3.05) is 32.2 Å². The Labute approximate surface area is 192 Å². The lowest BCUT2D eigenvalue weighted by atomic mass is 10.1. The van der Waals surface area contributed by atoms with Gasteiger partial charge in [-0.25, -0.2) is 0 Å². The predicted molar refractivity (Wildman–Crippen MR) is 130 cm³/mol. The minimum atomic E-state index is -0.189. The number of nitrogens with one attached hydrogen (secondary N) is 1. The minimum absolute atomic E-state index is 0.189. The van der Waals surface area contributed by atoms with E-state index in [0.29, 0.717) is 33.1 Å². The van der Waals surface area contributed by atoms with Crippen molar-refractivity contribution in [3.63, 3.8) is 0 Å². The first-order chi connectivity index (χ1) is 15.0.